The molecule has 0 fully saturated rings. The lowest BCUT2D eigenvalue weighted by molar-refractivity contribution is -0.142. The lowest BCUT2D eigenvalue weighted by atomic mass is 10.2. The highest BCUT2D eigenvalue weighted by molar-refractivity contribution is 9.09. The molecule has 0 aliphatic rings. The van der Waals surface area contributed by atoms with Gasteiger partial charge in [-0.3, -0.25) is 19.2 Å². The molecule has 0 aliphatic heterocycles. The van der Waals surface area contributed by atoms with E-state index in [0.717, 1.165) is 50.4 Å². The van der Waals surface area contributed by atoms with Crippen LogP contribution in [-0.2, 0) is 38.1 Å². The van der Waals surface area contributed by atoms with Gasteiger partial charge in [0.2, 0.25) is 0 Å². The summed E-state index contributed by atoms with van der Waals surface area (Å²) in [7, 11) is 2.82. The number of nitrogens with two attached hydrogens (primary N) is 1. The Balaban J connectivity index is -0.000000136. The molecule has 0 rings (SSSR count). The predicted octanol–water partition coefficient (Wildman–Crippen LogP) is 3.55. The summed E-state index contributed by atoms with van der Waals surface area (Å²) in [6.07, 6.45) is 6.92. The van der Waals surface area contributed by atoms with Crippen LogP contribution >= 0.6 is 28.3 Å². The molecule has 0 saturated heterocycles. The Kier molecular flexibility index (Phi) is 46.3. The first-order valence-electron chi connectivity index (χ1n) is 11.2. The van der Waals surface area contributed by atoms with Crippen LogP contribution in [0.2, 0.25) is 0 Å². The molecule has 0 aliphatic carbocycles. The van der Waals surface area contributed by atoms with Gasteiger partial charge in [-0.1, -0.05) is 36.2 Å². The van der Waals surface area contributed by atoms with Crippen molar-refractivity contribution in [3.63, 3.8) is 0 Å². The normalized spacial score (nSPS) is 8.86. The maximum absolute atomic E-state index is 10.9. The summed E-state index contributed by atoms with van der Waals surface area (Å²) in [6, 6.07) is 0. The minimum absolute atomic E-state index is 0. The summed E-state index contributed by atoms with van der Waals surface area (Å²) in [4.78, 5) is 42.3. The van der Waals surface area contributed by atoms with Gasteiger partial charge in [0.1, 0.15) is 0 Å². The molecule has 35 heavy (non-hydrogen) atoms. The number of rotatable bonds is 16. The fourth-order valence-electron chi connectivity index (χ4n) is 2.06. The number of carbonyl (C=O) groups is 4. The molecule has 0 spiro atoms. The Morgan fingerprint density at radius 1 is 0.743 bits per heavy atom. The third kappa shape index (κ3) is 43.1. The van der Waals surface area contributed by atoms with Crippen molar-refractivity contribution in [2.75, 3.05) is 52.4 Å². The Hall–Kier alpha value is -1.43. The van der Waals surface area contributed by atoms with Crippen LogP contribution in [0.4, 0.5) is 0 Å². The van der Waals surface area contributed by atoms with E-state index in [1.807, 2.05) is 0 Å². The fourth-order valence-corrected chi connectivity index (χ4v) is 2.46. The molecule has 0 radical (unpaired) electrons. The van der Waals surface area contributed by atoms with Crippen molar-refractivity contribution in [1.82, 2.24) is 5.32 Å². The van der Waals surface area contributed by atoms with Gasteiger partial charge in [-0.2, -0.15) is 0 Å². The first-order valence-corrected chi connectivity index (χ1v) is 12.4. The molecule has 12 heteroatoms. The molecule has 0 atom stereocenters. The monoisotopic (exact) mass is 594 g/mol. The lowest BCUT2D eigenvalue weighted by Gasteiger charge is -2.04. The van der Waals surface area contributed by atoms with Crippen molar-refractivity contribution >= 4 is 52.2 Å². The Bertz CT molecular complexity index is 500. The first kappa shape index (κ1) is 43.6. The predicted molar refractivity (Wildman–Crippen MR) is 144 cm³/mol. The van der Waals surface area contributed by atoms with Gasteiger partial charge in [0.15, 0.2) is 0 Å². The minimum Gasteiger partial charge on any atom is -0.469 e. The van der Waals surface area contributed by atoms with Gasteiger partial charge in [0.05, 0.1) is 40.5 Å². The Labute approximate surface area is 226 Å². The molecule has 0 heterocycles. The van der Waals surface area contributed by atoms with Crippen molar-refractivity contribution in [2.45, 2.75) is 72.6 Å². The highest BCUT2D eigenvalue weighted by Gasteiger charge is 2.01. The second-order valence-electron chi connectivity index (χ2n) is 6.45. The van der Waals surface area contributed by atoms with Crippen LogP contribution < -0.4 is 11.1 Å². The van der Waals surface area contributed by atoms with Crippen LogP contribution in [0.5, 0.6) is 0 Å². The number of hydrogen-bond donors (Lipinski definition) is 2. The van der Waals surface area contributed by atoms with Crippen molar-refractivity contribution < 1.29 is 38.1 Å². The average molecular weight is 596 g/mol. The number of hydrogen-bond acceptors (Lipinski definition) is 10. The topological polar surface area (TPSA) is 143 Å². The number of halogens is 2. The van der Waals surface area contributed by atoms with Gasteiger partial charge in [-0.15, -0.1) is 12.4 Å². The number of esters is 4. The number of alkyl halides is 1. The van der Waals surface area contributed by atoms with Crippen molar-refractivity contribution in [3.05, 3.63) is 0 Å². The summed E-state index contributed by atoms with van der Waals surface area (Å²) in [6.45, 7) is 5.35. The zero-order valence-corrected chi connectivity index (χ0v) is 23.4. The van der Waals surface area contributed by atoms with E-state index in [9.17, 15) is 19.2 Å². The molecule has 0 aromatic rings. The number of ether oxygens (including phenoxy) is 4. The van der Waals surface area contributed by atoms with Crippen molar-refractivity contribution in [1.29, 1.82) is 0 Å². The molecule has 0 bridgehead atoms. The SMILES string of the molecule is C.CCOC(=O)CN.CCOC(=O)CNCCCCCC(=O)OC.COC(=O)CCCCCBr.Cl. The maximum atomic E-state index is 10.9. The molecule has 0 aromatic heterocycles. The molecule has 0 unspecified atom stereocenters. The van der Waals surface area contributed by atoms with E-state index in [1.54, 1.807) is 13.8 Å². The zero-order valence-electron chi connectivity index (χ0n) is 21.0. The number of carbonyl (C=O) groups excluding carboxylic acids is 4. The second kappa shape index (κ2) is 37.1. The Morgan fingerprint density at radius 3 is 1.57 bits per heavy atom. The summed E-state index contributed by atoms with van der Waals surface area (Å²) in [5.41, 5.74) is 4.88. The molecule has 3 N–H and O–H groups in total. The van der Waals surface area contributed by atoms with Gasteiger partial charge in [-0.05, 0) is 46.1 Å². The van der Waals surface area contributed by atoms with E-state index in [2.05, 4.69) is 35.5 Å². The lowest BCUT2D eigenvalue weighted by Crippen LogP contribution is -2.25. The smallest absolute Gasteiger partial charge is 0.319 e. The van der Waals surface area contributed by atoms with E-state index >= 15 is 0 Å². The van der Waals surface area contributed by atoms with Gasteiger partial charge in [-0.25, -0.2) is 0 Å². The van der Waals surface area contributed by atoms with Gasteiger partial charge in [0, 0.05) is 18.2 Å². The number of unbranched alkanes of at least 4 members (excludes halogenated alkanes) is 4. The first-order chi connectivity index (χ1) is 15.8. The maximum Gasteiger partial charge on any atom is 0.319 e. The van der Waals surface area contributed by atoms with Crippen LogP contribution in [0.3, 0.4) is 0 Å². The van der Waals surface area contributed by atoms with Crippen LogP contribution in [0.25, 0.3) is 0 Å². The number of methoxy groups -OCH3 is 2. The summed E-state index contributed by atoms with van der Waals surface area (Å²) >= 11 is 3.32. The highest BCUT2D eigenvalue weighted by Crippen LogP contribution is 2.02. The van der Waals surface area contributed by atoms with Gasteiger partial charge in [0.25, 0.3) is 0 Å². The highest BCUT2D eigenvalue weighted by atomic mass is 79.9. The second-order valence-corrected chi connectivity index (χ2v) is 7.25. The number of nitrogens with one attached hydrogen (secondary N) is 1. The standard InChI is InChI=1S/C11H21NO4.C7H13BrO2.C4H9NO2.CH4.ClH/c1-3-16-11(14)9-12-8-6-4-5-7-10(13)15-2;1-10-7(9)5-3-2-4-6-8;1-2-7-4(6)3-5;;/h12H,3-9H2,1-2H3;2-6H2,1H3;2-3,5H2,1H3;1H4;1H. The van der Waals surface area contributed by atoms with Gasteiger partial charge >= 0.3 is 23.9 Å². The molecule has 0 saturated carbocycles. The molecule has 0 amide bonds. The minimum atomic E-state index is -0.345. The van der Waals surface area contributed by atoms with Crippen LogP contribution in [0.1, 0.15) is 72.6 Å². The third-order valence-corrected chi connectivity index (χ3v) is 4.31. The van der Waals surface area contributed by atoms with Crippen LogP contribution in [0.15, 0.2) is 0 Å². The summed E-state index contributed by atoms with van der Waals surface area (Å²) < 4.78 is 18.2. The quantitative estimate of drug-likeness (QED) is 0.118. The molecular formula is C23H48BrClN2O8. The molecular weight excluding hydrogens is 548 g/mol. The van der Waals surface area contributed by atoms with E-state index in [0.29, 0.717) is 26.1 Å². The van der Waals surface area contributed by atoms with E-state index < -0.39 is 0 Å². The van der Waals surface area contributed by atoms with E-state index in [-0.39, 0.29) is 56.8 Å². The molecule has 0 aromatic carbocycles. The summed E-state index contributed by atoms with van der Waals surface area (Å²) in [5.74, 6) is -0.839. The van der Waals surface area contributed by atoms with E-state index in [4.69, 9.17) is 10.5 Å². The summed E-state index contributed by atoms with van der Waals surface area (Å²) in [5, 5.41) is 4.00. The van der Waals surface area contributed by atoms with E-state index in [1.165, 1.54) is 14.2 Å². The Morgan fingerprint density at radius 2 is 1.20 bits per heavy atom. The van der Waals surface area contributed by atoms with Crippen molar-refractivity contribution in [3.8, 4) is 0 Å². The largest absolute Gasteiger partial charge is 0.469 e. The van der Waals surface area contributed by atoms with Gasteiger partial charge < -0.3 is 30.0 Å². The average Bonchev–Trinajstić information content (AvgIpc) is 2.82. The van der Waals surface area contributed by atoms with Crippen LogP contribution in [0, 0.1) is 0 Å². The third-order valence-electron chi connectivity index (χ3n) is 3.75. The molecule has 10 nitrogen and oxygen atoms in total. The zero-order chi connectivity index (χ0) is 25.7. The molecule has 212 valence electrons. The van der Waals surface area contributed by atoms with Crippen LogP contribution in [-0.4, -0.2) is 76.3 Å². The van der Waals surface area contributed by atoms with Crippen molar-refractivity contribution in [2.24, 2.45) is 5.73 Å². The fraction of sp³-hybridized carbons (Fsp3) is 0.826.